The van der Waals surface area contributed by atoms with E-state index >= 15 is 0 Å². The molecule has 0 saturated heterocycles. The van der Waals surface area contributed by atoms with Crippen LogP contribution in [0.25, 0.3) is 0 Å². The normalized spacial score (nSPS) is 11.7. The van der Waals surface area contributed by atoms with Crippen LogP contribution in [-0.4, -0.2) is 28.8 Å². The fourth-order valence-corrected chi connectivity index (χ4v) is 2.81. The van der Waals surface area contributed by atoms with Gasteiger partial charge in [-0.2, -0.15) is 18.3 Å². The molecule has 1 heterocycles. The van der Waals surface area contributed by atoms with Crippen molar-refractivity contribution in [2.75, 3.05) is 13.2 Å². The van der Waals surface area contributed by atoms with Crippen LogP contribution < -0.4 is 10.1 Å². The highest BCUT2D eigenvalue weighted by molar-refractivity contribution is 6.35. The topological polar surface area (TPSA) is 56.2 Å². The van der Waals surface area contributed by atoms with Crippen molar-refractivity contribution < 1.29 is 22.7 Å². The highest BCUT2D eigenvalue weighted by Gasteiger charge is 2.40. The zero-order chi connectivity index (χ0) is 20.2. The van der Waals surface area contributed by atoms with Crippen molar-refractivity contribution in [2.45, 2.75) is 32.5 Å². The van der Waals surface area contributed by atoms with Gasteiger partial charge in [0.1, 0.15) is 5.75 Å². The molecule has 1 amide bonds. The summed E-state index contributed by atoms with van der Waals surface area (Å²) < 4.78 is 46.1. The summed E-state index contributed by atoms with van der Waals surface area (Å²) in [6.07, 6.45) is -3.37. The molecule has 0 aliphatic rings. The smallest absolute Gasteiger partial charge is 0.433 e. The fourth-order valence-electron chi connectivity index (χ4n) is 2.35. The molecular weight excluding hydrogens is 406 g/mol. The first-order valence-corrected chi connectivity index (χ1v) is 8.87. The van der Waals surface area contributed by atoms with Gasteiger partial charge < -0.3 is 10.1 Å². The Morgan fingerprint density at radius 1 is 1.33 bits per heavy atom. The van der Waals surface area contributed by atoms with E-state index in [9.17, 15) is 18.0 Å². The third-order valence-corrected chi connectivity index (χ3v) is 4.09. The molecule has 2 rings (SSSR count). The Hall–Kier alpha value is -1.93. The van der Waals surface area contributed by atoms with Crippen molar-refractivity contribution in [1.82, 2.24) is 15.1 Å². The Labute approximate surface area is 164 Å². The first-order chi connectivity index (χ1) is 12.6. The SMILES string of the molecule is CC(C)n1ncc(C(=O)NCCCOc2ccc(Cl)cc2Cl)c1C(F)(F)F. The van der Waals surface area contributed by atoms with Crippen LogP contribution >= 0.6 is 23.2 Å². The molecule has 148 valence electrons. The lowest BCUT2D eigenvalue weighted by molar-refractivity contribution is -0.145. The summed E-state index contributed by atoms with van der Waals surface area (Å²) in [6, 6.07) is 4.24. The van der Waals surface area contributed by atoms with E-state index in [1.54, 1.807) is 26.0 Å². The number of ether oxygens (including phenoxy) is 1. The third-order valence-electron chi connectivity index (χ3n) is 3.56. The zero-order valence-corrected chi connectivity index (χ0v) is 16.1. The van der Waals surface area contributed by atoms with Crippen molar-refractivity contribution in [3.05, 3.63) is 45.7 Å². The predicted molar refractivity (Wildman–Crippen MR) is 96.5 cm³/mol. The zero-order valence-electron chi connectivity index (χ0n) is 14.6. The lowest BCUT2D eigenvalue weighted by Gasteiger charge is -2.15. The molecule has 0 unspecified atom stereocenters. The molecule has 27 heavy (non-hydrogen) atoms. The highest BCUT2D eigenvalue weighted by atomic mass is 35.5. The van der Waals surface area contributed by atoms with Crippen LogP contribution in [0, 0.1) is 0 Å². The molecule has 0 bridgehead atoms. The Balaban J connectivity index is 1.91. The highest BCUT2D eigenvalue weighted by Crippen LogP contribution is 2.33. The molecule has 0 spiro atoms. The molecule has 0 fully saturated rings. The second kappa shape index (κ2) is 8.84. The molecule has 1 N–H and O–H groups in total. The molecule has 0 aliphatic heterocycles. The van der Waals surface area contributed by atoms with Gasteiger partial charge in [-0.15, -0.1) is 0 Å². The summed E-state index contributed by atoms with van der Waals surface area (Å²) in [5.74, 6) is -0.399. The van der Waals surface area contributed by atoms with Crippen LogP contribution in [0.5, 0.6) is 5.75 Å². The Bertz CT molecular complexity index is 807. The molecule has 5 nitrogen and oxygen atoms in total. The summed E-state index contributed by atoms with van der Waals surface area (Å²) in [5.41, 5.74) is -1.56. The minimum absolute atomic E-state index is 0.133. The van der Waals surface area contributed by atoms with E-state index in [2.05, 4.69) is 10.4 Å². The van der Waals surface area contributed by atoms with Gasteiger partial charge in [-0.25, -0.2) is 0 Å². The number of hydrogen-bond acceptors (Lipinski definition) is 3. The number of amides is 1. The van der Waals surface area contributed by atoms with Gasteiger partial charge in [-0.1, -0.05) is 23.2 Å². The van der Waals surface area contributed by atoms with Gasteiger partial charge in [0.05, 0.1) is 23.4 Å². The van der Waals surface area contributed by atoms with Crippen LogP contribution in [0.15, 0.2) is 24.4 Å². The van der Waals surface area contributed by atoms with Crippen molar-refractivity contribution in [3.63, 3.8) is 0 Å². The monoisotopic (exact) mass is 423 g/mol. The van der Waals surface area contributed by atoms with Gasteiger partial charge in [0.2, 0.25) is 0 Å². The Kier molecular flexibility index (Phi) is 7.00. The lowest BCUT2D eigenvalue weighted by atomic mass is 10.2. The van der Waals surface area contributed by atoms with Crippen molar-refractivity contribution in [3.8, 4) is 5.75 Å². The summed E-state index contributed by atoms with van der Waals surface area (Å²) in [4.78, 5) is 12.1. The number of carbonyl (C=O) groups excluding carboxylic acids is 1. The third kappa shape index (κ3) is 5.52. The first-order valence-electron chi connectivity index (χ1n) is 8.12. The van der Waals surface area contributed by atoms with E-state index in [4.69, 9.17) is 27.9 Å². The quantitative estimate of drug-likeness (QED) is 0.638. The lowest BCUT2D eigenvalue weighted by Crippen LogP contribution is -2.28. The maximum absolute atomic E-state index is 13.3. The number of halogens is 5. The Morgan fingerprint density at radius 2 is 2.04 bits per heavy atom. The average molecular weight is 424 g/mol. The van der Waals surface area contributed by atoms with E-state index in [-0.39, 0.29) is 13.2 Å². The number of nitrogens with zero attached hydrogens (tertiary/aromatic N) is 2. The number of carbonyl (C=O) groups is 1. The molecule has 0 aliphatic carbocycles. The van der Waals surface area contributed by atoms with Gasteiger partial charge in [-0.05, 0) is 38.5 Å². The van der Waals surface area contributed by atoms with Gasteiger partial charge in [0, 0.05) is 17.6 Å². The molecule has 1 aromatic carbocycles. The van der Waals surface area contributed by atoms with Crippen molar-refractivity contribution in [2.24, 2.45) is 0 Å². The number of rotatable bonds is 7. The second-order valence-corrected chi connectivity index (χ2v) is 6.82. The summed E-state index contributed by atoms with van der Waals surface area (Å²) in [5, 5.41) is 6.96. The fraction of sp³-hybridized carbons (Fsp3) is 0.412. The minimum Gasteiger partial charge on any atom is -0.492 e. The number of benzene rings is 1. The first kappa shape index (κ1) is 21.4. The largest absolute Gasteiger partial charge is 0.492 e. The Morgan fingerprint density at radius 3 is 2.63 bits per heavy atom. The van der Waals surface area contributed by atoms with Gasteiger partial charge in [0.25, 0.3) is 5.91 Å². The van der Waals surface area contributed by atoms with E-state index in [1.165, 1.54) is 6.07 Å². The van der Waals surface area contributed by atoms with Gasteiger partial charge in [0.15, 0.2) is 5.69 Å². The predicted octanol–water partition coefficient (Wildman–Crippen LogP) is 4.99. The number of alkyl halides is 3. The van der Waals surface area contributed by atoms with Gasteiger partial charge >= 0.3 is 6.18 Å². The van der Waals surface area contributed by atoms with Crippen molar-refractivity contribution >= 4 is 29.1 Å². The summed E-state index contributed by atoms with van der Waals surface area (Å²) >= 11 is 11.8. The van der Waals surface area contributed by atoms with E-state index in [0.29, 0.717) is 22.2 Å². The van der Waals surface area contributed by atoms with E-state index < -0.39 is 29.4 Å². The van der Waals surface area contributed by atoms with E-state index in [0.717, 1.165) is 10.9 Å². The minimum atomic E-state index is -4.68. The van der Waals surface area contributed by atoms with Gasteiger partial charge in [-0.3, -0.25) is 9.48 Å². The standard InChI is InChI=1S/C17H18Cl2F3N3O2/c1-10(2)25-15(17(20,21)22)12(9-24-25)16(26)23-6-3-7-27-14-5-4-11(18)8-13(14)19/h4-5,8-10H,3,6-7H2,1-2H3,(H,23,26). The van der Waals surface area contributed by atoms with Crippen LogP contribution in [0.3, 0.4) is 0 Å². The maximum atomic E-state index is 13.3. The molecule has 0 radical (unpaired) electrons. The molecule has 0 saturated carbocycles. The van der Waals surface area contributed by atoms with Crippen LogP contribution in [0.2, 0.25) is 10.0 Å². The van der Waals surface area contributed by atoms with Crippen LogP contribution in [0.4, 0.5) is 13.2 Å². The maximum Gasteiger partial charge on any atom is 0.433 e. The summed E-state index contributed by atoms with van der Waals surface area (Å²) in [7, 11) is 0. The number of hydrogen-bond donors (Lipinski definition) is 1. The molecule has 2 aromatic rings. The molecule has 10 heteroatoms. The second-order valence-electron chi connectivity index (χ2n) is 5.98. The van der Waals surface area contributed by atoms with E-state index in [1.807, 2.05) is 0 Å². The molecular formula is C17H18Cl2F3N3O2. The molecule has 0 atom stereocenters. The van der Waals surface area contributed by atoms with Crippen molar-refractivity contribution in [1.29, 1.82) is 0 Å². The number of nitrogens with one attached hydrogen (secondary N) is 1. The average Bonchev–Trinajstić information content (AvgIpc) is 3.02. The van der Waals surface area contributed by atoms with Crippen LogP contribution in [0.1, 0.15) is 42.4 Å². The summed E-state index contributed by atoms with van der Waals surface area (Å²) in [6.45, 7) is 3.47. The number of aromatic nitrogens is 2. The molecule has 1 aromatic heterocycles. The van der Waals surface area contributed by atoms with Crippen LogP contribution in [-0.2, 0) is 6.18 Å².